The van der Waals surface area contributed by atoms with E-state index in [1.54, 1.807) is 17.0 Å². The molecule has 1 aliphatic rings. The second kappa shape index (κ2) is 10.6. The van der Waals surface area contributed by atoms with Crippen molar-refractivity contribution in [1.29, 1.82) is 0 Å². The molecule has 0 aliphatic carbocycles. The highest BCUT2D eigenvalue weighted by Crippen LogP contribution is 2.39. The number of nitrogens with one attached hydrogen (secondary N) is 1. The number of rotatable bonds is 9. The van der Waals surface area contributed by atoms with Gasteiger partial charge in [-0.25, -0.2) is 0 Å². The van der Waals surface area contributed by atoms with Crippen molar-refractivity contribution in [1.82, 2.24) is 10.2 Å². The standard InChI is InChI=1S/C20H30N2O5/c1-4-25-16-12-15(13-17(26-5-2)19(16)27-6-3)20(24)21-14-18(23)22-10-8-7-9-11-22/h12-13H,4-11,14H2,1-3H3,(H,21,24). The SMILES string of the molecule is CCOc1cc(C(=O)NCC(=O)N2CCCCC2)cc(OCC)c1OCC. The van der Waals surface area contributed by atoms with Gasteiger partial charge in [0.05, 0.1) is 26.4 Å². The van der Waals surface area contributed by atoms with Crippen molar-refractivity contribution in [2.45, 2.75) is 40.0 Å². The fraction of sp³-hybridized carbons (Fsp3) is 0.600. The summed E-state index contributed by atoms with van der Waals surface area (Å²) in [5.41, 5.74) is 0.372. The minimum atomic E-state index is -0.342. The van der Waals surface area contributed by atoms with Crippen LogP contribution in [0.1, 0.15) is 50.4 Å². The van der Waals surface area contributed by atoms with Crippen LogP contribution in [0.3, 0.4) is 0 Å². The summed E-state index contributed by atoms with van der Waals surface area (Å²) in [4.78, 5) is 26.6. The van der Waals surface area contributed by atoms with Crippen molar-refractivity contribution in [2.24, 2.45) is 0 Å². The molecule has 27 heavy (non-hydrogen) atoms. The zero-order chi connectivity index (χ0) is 19.6. The average molecular weight is 378 g/mol. The van der Waals surface area contributed by atoms with E-state index in [2.05, 4.69) is 5.32 Å². The lowest BCUT2D eigenvalue weighted by atomic mass is 10.1. The molecule has 1 aromatic carbocycles. The lowest BCUT2D eigenvalue weighted by Gasteiger charge is -2.26. The first-order valence-electron chi connectivity index (χ1n) is 9.73. The van der Waals surface area contributed by atoms with Gasteiger partial charge >= 0.3 is 0 Å². The number of piperidine rings is 1. The second-order valence-corrected chi connectivity index (χ2v) is 6.22. The predicted molar refractivity (Wildman–Crippen MR) is 103 cm³/mol. The first-order chi connectivity index (χ1) is 13.1. The number of nitrogens with zero attached hydrogens (tertiary/aromatic N) is 1. The van der Waals surface area contributed by atoms with Crippen LogP contribution in [-0.2, 0) is 4.79 Å². The third kappa shape index (κ3) is 5.77. The zero-order valence-corrected chi connectivity index (χ0v) is 16.5. The van der Waals surface area contributed by atoms with Crippen LogP contribution in [0.5, 0.6) is 17.2 Å². The number of carbonyl (C=O) groups is 2. The zero-order valence-electron chi connectivity index (χ0n) is 16.5. The van der Waals surface area contributed by atoms with Crippen LogP contribution in [0.4, 0.5) is 0 Å². The molecular formula is C20H30N2O5. The van der Waals surface area contributed by atoms with Gasteiger partial charge in [0.15, 0.2) is 11.5 Å². The Bertz CT molecular complexity index is 614. The maximum atomic E-state index is 12.6. The van der Waals surface area contributed by atoms with E-state index in [0.717, 1.165) is 32.4 Å². The van der Waals surface area contributed by atoms with Gasteiger partial charge in [-0.3, -0.25) is 9.59 Å². The maximum absolute atomic E-state index is 12.6. The lowest BCUT2D eigenvalue weighted by molar-refractivity contribution is -0.130. The van der Waals surface area contributed by atoms with Crippen molar-refractivity contribution < 1.29 is 23.8 Å². The molecule has 0 atom stereocenters. The molecule has 1 fully saturated rings. The smallest absolute Gasteiger partial charge is 0.251 e. The van der Waals surface area contributed by atoms with Crippen LogP contribution in [0.15, 0.2) is 12.1 Å². The highest BCUT2D eigenvalue weighted by molar-refractivity contribution is 5.97. The van der Waals surface area contributed by atoms with Crippen LogP contribution in [0.25, 0.3) is 0 Å². The van der Waals surface area contributed by atoms with E-state index < -0.39 is 0 Å². The van der Waals surface area contributed by atoms with Crippen LogP contribution in [-0.4, -0.2) is 56.2 Å². The summed E-state index contributed by atoms with van der Waals surface area (Å²) in [7, 11) is 0. The number of hydrogen-bond donors (Lipinski definition) is 1. The molecule has 0 saturated carbocycles. The molecule has 1 aliphatic heterocycles. The Kier molecular flexibility index (Phi) is 8.23. The van der Waals surface area contributed by atoms with E-state index in [1.807, 2.05) is 20.8 Å². The topological polar surface area (TPSA) is 77.1 Å². The minimum Gasteiger partial charge on any atom is -0.490 e. The van der Waals surface area contributed by atoms with Gasteiger partial charge < -0.3 is 24.4 Å². The highest BCUT2D eigenvalue weighted by Gasteiger charge is 2.20. The lowest BCUT2D eigenvalue weighted by Crippen LogP contribution is -2.42. The van der Waals surface area contributed by atoms with Gasteiger partial charge in [0.2, 0.25) is 11.7 Å². The summed E-state index contributed by atoms with van der Waals surface area (Å²) < 4.78 is 16.9. The summed E-state index contributed by atoms with van der Waals surface area (Å²) >= 11 is 0. The van der Waals surface area contributed by atoms with E-state index in [0.29, 0.717) is 42.6 Å². The molecule has 2 rings (SSSR count). The molecule has 1 saturated heterocycles. The number of hydrogen-bond acceptors (Lipinski definition) is 5. The van der Waals surface area contributed by atoms with Gasteiger partial charge in [-0.15, -0.1) is 0 Å². The van der Waals surface area contributed by atoms with Gasteiger partial charge in [0.1, 0.15) is 0 Å². The molecule has 0 unspecified atom stereocenters. The summed E-state index contributed by atoms with van der Waals surface area (Å²) in [6, 6.07) is 3.25. The summed E-state index contributed by atoms with van der Waals surface area (Å²) in [5, 5.41) is 2.70. The number of benzene rings is 1. The Morgan fingerprint density at radius 1 is 0.926 bits per heavy atom. The third-order valence-electron chi connectivity index (χ3n) is 4.28. The Balaban J connectivity index is 2.12. The fourth-order valence-electron chi connectivity index (χ4n) is 3.03. The van der Waals surface area contributed by atoms with Gasteiger partial charge in [-0.05, 0) is 52.2 Å². The number of amides is 2. The number of ether oxygens (including phenoxy) is 3. The molecule has 1 heterocycles. The van der Waals surface area contributed by atoms with Gasteiger partial charge in [-0.1, -0.05) is 0 Å². The molecule has 0 spiro atoms. The predicted octanol–water partition coefficient (Wildman–Crippen LogP) is 2.62. The molecule has 7 heteroatoms. The van der Waals surface area contributed by atoms with E-state index in [4.69, 9.17) is 14.2 Å². The van der Waals surface area contributed by atoms with Crippen molar-refractivity contribution in [3.63, 3.8) is 0 Å². The van der Waals surface area contributed by atoms with Crippen molar-refractivity contribution in [2.75, 3.05) is 39.5 Å². The summed E-state index contributed by atoms with van der Waals surface area (Å²) in [5.74, 6) is 1.01. The van der Waals surface area contributed by atoms with Crippen molar-refractivity contribution >= 4 is 11.8 Å². The van der Waals surface area contributed by atoms with E-state index >= 15 is 0 Å². The fourth-order valence-corrected chi connectivity index (χ4v) is 3.03. The Morgan fingerprint density at radius 2 is 1.48 bits per heavy atom. The second-order valence-electron chi connectivity index (χ2n) is 6.22. The number of carbonyl (C=O) groups excluding carboxylic acids is 2. The Labute approximate surface area is 161 Å². The molecule has 0 aromatic heterocycles. The van der Waals surface area contributed by atoms with Crippen molar-refractivity contribution in [3.8, 4) is 17.2 Å². The van der Waals surface area contributed by atoms with Gasteiger partial charge in [-0.2, -0.15) is 0 Å². The van der Waals surface area contributed by atoms with Crippen LogP contribution < -0.4 is 19.5 Å². The number of likely N-dealkylation sites (tertiary alicyclic amines) is 1. The molecule has 2 amide bonds. The first kappa shape index (κ1) is 20.9. The Hall–Kier alpha value is -2.44. The quantitative estimate of drug-likeness (QED) is 0.715. The maximum Gasteiger partial charge on any atom is 0.251 e. The Morgan fingerprint density at radius 3 is 2.00 bits per heavy atom. The normalized spacial score (nSPS) is 13.8. The van der Waals surface area contributed by atoms with Crippen LogP contribution in [0.2, 0.25) is 0 Å². The average Bonchev–Trinajstić information content (AvgIpc) is 2.69. The van der Waals surface area contributed by atoms with Gasteiger partial charge in [0, 0.05) is 18.7 Å². The molecule has 0 radical (unpaired) electrons. The summed E-state index contributed by atoms with van der Waals surface area (Å²) in [6.45, 7) is 8.43. The van der Waals surface area contributed by atoms with Gasteiger partial charge in [0.25, 0.3) is 5.91 Å². The van der Waals surface area contributed by atoms with Crippen LogP contribution >= 0.6 is 0 Å². The summed E-state index contributed by atoms with van der Waals surface area (Å²) in [6.07, 6.45) is 3.20. The van der Waals surface area contributed by atoms with Crippen LogP contribution in [0, 0.1) is 0 Å². The molecule has 1 aromatic rings. The molecule has 7 nitrogen and oxygen atoms in total. The monoisotopic (exact) mass is 378 g/mol. The highest BCUT2D eigenvalue weighted by atomic mass is 16.5. The largest absolute Gasteiger partial charge is 0.490 e. The third-order valence-corrected chi connectivity index (χ3v) is 4.28. The van der Waals surface area contributed by atoms with E-state index in [-0.39, 0.29) is 18.4 Å². The first-order valence-corrected chi connectivity index (χ1v) is 9.73. The van der Waals surface area contributed by atoms with Crippen molar-refractivity contribution in [3.05, 3.63) is 17.7 Å². The molecule has 1 N–H and O–H groups in total. The van der Waals surface area contributed by atoms with E-state index in [1.165, 1.54) is 0 Å². The molecular weight excluding hydrogens is 348 g/mol. The minimum absolute atomic E-state index is 0.0139. The molecule has 150 valence electrons. The molecule has 0 bridgehead atoms. The van der Waals surface area contributed by atoms with E-state index in [9.17, 15) is 9.59 Å².